The molecule has 1 rings (SSSR count). The largest absolute Gasteiger partial charge is 0.301 e. The van der Waals surface area contributed by atoms with Crippen LogP contribution in [-0.4, -0.2) is 24.1 Å². The highest BCUT2D eigenvalue weighted by molar-refractivity contribution is 7.84. The van der Waals surface area contributed by atoms with Gasteiger partial charge in [0, 0.05) is 0 Å². The number of aryl methyl sites for hydroxylation is 1. The van der Waals surface area contributed by atoms with Crippen LogP contribution in [0.1, 0.15) is 5.56 Å². The van der Waals surface area contributed by atoms with Crippen molar-refractivity contribution in [1.29, 1.82) is 0 Å². The van der Waals surface area contributed by atoms with Crippen LogP contribution in [0.3, 0.4) is 0 Å². The Morgan fingerprint density at radius 3 is 2.80 bits per heavy atom. The molecule has 0 aliphatic rings. The molecular formula is C10H14N2O2S. The lowest BCUT2D eigenvalue weighted by atomic mass is 10.2. The second kappa shape index (κ2) is 5.63. The maximum atomic E-state index is 11.6. The fraction of sp³-hybridized carbons (Fsp3) is 0.300. The molecular weight excluding hydrogens is 212 g/mol. The van der Waals surface area contributed by atoms with E-state index in [1.165, 1.54) is 4.31 Å². The molecule has 4 nitrogen and oxygen atoms in total. The predicted molar refractivity (Wildman–Crippen MR) is 61.8 cm³/mol. The minimum absolute atomic E-state index is 0.108. The number of hydrogen-bond acceptors (Lipinski definition) is 2. The van der Waals surface area contributed by atoms with Crippen molar-refractivity contribution in [2.75, 3.05) is 17.9 Å². The van der Waals surface area contributed by atoms with Gasteiger partial charge in [0.15, 0.2) is 11.2 Å². The van der Waals surface area contributed by atoms with Gasteiger partial charge in [0.1, 0.15) is 6.29 Å². The Balaban J connectivity index is 2.98. The van der Waals surface area contributed by atoms with E-state index in [1.54, 1.807) is 7.05 Å². The molecule has 0 aromatic heterocycles. The second-order valence-electron chi connectivity index (χ2n) is 3.02. The molecule has 5 heteroatoms. The highest BCUT2D eigenvalue weighted by atomic mass is 32.2. The van der Waals surface area contributed by atoms with Crippen LogP contribution in [0.4, 0.5) is 5.69 Å². The molecule has 0 saturated carbocycles. The highest BCUT2D eigenvalue weighted by Crippen LogP contribution is 2.16. The predicted octanol–water partition coefficient (Wildman–Crippen LogP) is 0.798. The molecule has 15 heavy (non-hydrogen) atoms. The van der Waals surface area contributed by atoms with E-state index < -0.39 is 11.2 Å². The topological polar surface area (TPSA) is 49.4 Å². The minimum Gasteiger partial charge on any atom is -0.301 e. The molecule has 0 spiro atoms. The Morgan fingerprint density at radius 2 is 2.27 bits per heavy atom. The summed E-state index contributed by atoms with van der Waals surface area (Å²) in [6.45, 7) is 2.06. The average molecular weight is 226 g/mol. The molecule has 0 heterocycles. The lowest BCUT2D eigenvalue weighted by molar-refractivity contribution is -0.106. The fourth-order valence-corrected chi connectivity index (χ4v) is 1.95. The molecule has 82 valence electrons. The van der Waals surface area contributed by atoms with Crippen LogP contribution in [0.2, 0.25) is 0 Å². The van der Waals surface area contributed by atoms with Crippen LogP contribution < -0.4 is 9.03 Å². The number of anilines is 1. The van der Waals surface area contributed by atoms with E-state index in [-0.39, 0.29) is 6.54 Å². The van der Waals surface area contributed by atoms with Gasteiger partial charge in [0.25, 0.3) is 0 Å². The molecule has 0 bridgehead atoms. The van der Waals surface area contributed by atoms with E-state index in [0.29, 0.717) is 0 Å². The van der Waals surface area contributed by atoms with E-state index in [0.717, 1.165) is 17.5 Å². The van der Waals surface area contributed by atoms with Crippen molar-refractivity contribution in [2.45, 2.75) is 6.92 Å². The van der Waals surface area contributed by atoms with Crippen LogP contribution in [0, 0.1) is 6.92 Å². The van der Waals surface area contributed by atoms with Crippen LogP contribution >= 0.6 is 0 Å². The monoisotopic (exact) mass is 226 g/mol. The number of carbonyl (C=O) groups is 1. The minimum atomic E-state index is -1.37. The number of nitrogens with one attached hydrogen (secondary N) is 1. The van der Waals surface area contributed by atoms with E-state index in [1.807, 2.05) is 31.2 Å². The third-order valence-corrected chi connectivity index (χ3v) is 3.01. The Bertz CT molecular complexity index is 368. The molecule has 1 aromatic rings. The summed E-state index contributed by atoms with van der Waals surface area (Å²) < 4.78 is 15.7. The van der Waals surface area contributed by atoms with Crippen LogP contribution in [0.5, 0.6) is 0 Å². The van der Waals surface area contributed by atoms with E-state index in [2.05, 4.69) is 4.72 Å². The van der Waals surface area contributed by atoms with E-state index in [9.17, 15) is 9.00 Å². The quantitative estimate of drug-likeness (QED) is 0.755. The zero-order chi connectivity index (χ0) is 11.3. The smallest absolute Gasteiger partial charge is 0.196 e. The molecule has 0 saturated heterocycles. The molecule has 0 fully saturated rings. The Morgan fingerprint density at radius 1 is 1.53 bits per heavy atom. The van der Waals surface area contributed by atoms with Gasteiger partial charge in [-0.05, 0) is 31.7 Å². The molecule has 1 aromatic carbocycles. The lowest BCUT2D eigenvalue weighted by Crippen LogP contribution is -2.34. The summed E-state index contributed by atoms with van der Waals surface area (Å²) in [5, 5.41) is 0. The number of hydrogen-bond donors (Lipinski definition) is 1. The van der Waals surface area contributed by atoms with Crippen molar-refractivity contribution in [3.8, 4) is 0 Å². The SMILES string of the molecule is CNS(=O)N(CC=O)c1cccc(C)c1. The van der Waals surface area contributed by atoms with Gasteiger partial charge in [0.2, 0.25) is 0 Å². The van der Waals surface area contributed by atoms with Gasteiger partial charge in [-0.3, -0.25) is 4.31 Å². The summed E-state index contributed by atoms with van der Waals surface area (Å²) in [6.07, 6.45) is 0.734. The Kier molecular flexibility index (Phi) is 4.45. The number of rotatable bonds is 5. The molecule has 0 radical (unpaired) electrons. The maximum Gasteiger partial charge on any atom is 0.196 e. The fourth-order valence-electron chi connectivity index (χ4n) is 1.23. The van der Waals surface area contributed by atoms with Crippen molar-refractivity contribution in [3.05, 3.63) is 29.8 Å². The standard InChI is InChI=1S/C10H14N2O2S/c1-9-4-3-5-10(8-9)12(6-7-13)15(14)11-2/h3-5,7-8,11H,6H2,1-2H3. The van der Waals surface area contributed by atoms with Crippen LogP contribution in [-0.2, 0) is 16.0 Å². The summed E-state index contributed by atoms with van der Waals surface area (Å²) in [6, 6.07) is 7.53. The normalized spacial score (nSPS) is 12.1. The zero-order valence-corrected chi connectivity index (χ0v) is 9.58. The van der Waals surface area contributed by atoms with Gasteiger partial charge < -0.3 is 4.79 Å². The molecule has 0 amide bonds. The van der Waals surface area contributed by atoms with Gasteiger partial charge in [-0.2, -0.15) is 0 Å². The number of benzene rings is 1. The van der Waals surface area contributed by atoms with E-state index in [4.69, 9.17) is 0 Å². The highest BCUT2D eigenvalue weighted by Gasteiger charge is 2.11. The van der Waals surface area contributed by atoms with Crippen molar-refractivity contribution in [1.82, 2.24) is 4.72 Å². The van der Waals surface area contributed by atoms with Crippen molar-refractivity contribution >= 4 is 23.1 Å². The lowest BCUT2D eigenvalue weighted by Gasteiger charge is -2.20. The van der Waals surface area contributed by atoms with Crippen molar-refractivity contribution in [2.24, 2.45) is 0 Å². The van der Waals surface area contributed by atoms with Gasteiger partial charge in [0.05, 0.1) is 12.2 Å². The van der Waals surface area contributed by atoms with Crippen LogP contribution in [0.15, 0.2) is 24.3 Å². The van der Waals surface area contributed by atoms with Gasteiger partial charge in [-0.15, -0.1) is 0 Å². The van der Waals surface area contributed by atoms with Gasteiger partial charge >= 0.3 is 0 Å². The number of nitrogens with zero attached hydrogens (tertiary/aromatic N) is 1. The first-order valence-electron chi connectivity index (χ1n) is 4.56. The number of aldehydes is 1. The first-order valence-corrected chi connectivity index (χ1v) is 5.67. The molecule has 1 atom stereocenters. The van der Waals surface area contributed by atoms with Gasteiger partial charge in [-0.1, -0.05) is 12.1 Å². The van der Waals surface area contributed by atoms with Crippen LogP contribution in [0.25, 0.3) is 0 Å². The summed E-state index contributed by atoms with van der Waals surface area (Å²) >= 11 is -1.37. The first-order chi connectivity index (χ1) is 7.19. The van der Waals surface area contributed by atoms with Crippen molar-refractivity contribution < 1.29 is 9.00 Å². The summed E-state index contributed by atoms with van der Waals surface area (Å²) in [5.41, 5.74) is 1.84. The average Bonchev–Trinajstić information content (AvgIpc) is 2.25. The van der Waals surface area contributed by atoms with E-state index >= 15 is 0 Å². The third kappa shape index (κ3) is 3.14. The Labute approximate surface area is 92.0 Å². The van der Waals surface area contributed by atoms with Gasteiger partial charge in [-0.25, -0.2) is 8.93 Å². The first kappa shape index (κ1) is 11.9. The third-order valence-electron chi connectivity index (χ3n) is 1.90. The molecule has 1 unspecified atom stereocenters. The molecule has 0 aliphatic carbocycles. The number of carbonyl (C=O) groups excluding carboxylic acids is 1. The Hall–Kier alpha value is -1.20. The van der Waals surface area contributed by atoms with Crippen molar-refractivity contribution in [3.63, 3.8) is 0 Å². The molecule has 0 aliphatic heterocycles. The summed E-state index contributed by atoms with van der Waals surface area (Å²) in [7, 11) is 1.59. The summed E-state index contributed by atoms with van der Waals surface area (Å²) in [4.78, 5) is 10.5. The summed E-state index contributed by atoms with van der Waals surface area (Å²) in [5.74, 6) is 0. The zero-order valence-electron chi connectivity index (χ0n) is 8.77. The molecule has 1 N–H and O–H groups in total. The maximum absolute atomic E-state index is 11.6. The second-order valence-corrected chi connectivity index (χ2v) is 4.37.